The van der Waals surface area contributed by atoms with Gasteiger partial charge in [0.15, 0.2) is 0 Å². The lowest BCUT2D eigenvalue weighted by molar-refractivity contribution is 0.193. The molecule has 1 saturated heterocycles. The zero-order chi connectivity index (χ0) is 18.8. The number of rotatable bonds is 3. The number of amides is 2. The van der Waals surface area contributed by atoms with Crippen molar-refractivity contribution in [3.63, 3.8) is 0 Å². The third-order valence-electron chi connectivity index (χ3n) is 4.70. The van der Waals surface area contributed by atoms with Crippen LogP contribution in [0, 0.1) is 12.7 Å². The molecule has 3 aromatic rings. The van der Waals surface area contributed by atoms with Crippen LogP contribution < -0.4 is 5.32 Å². The Morgan fingerprint density at radius 3 is 2.93 bits per heavy atom. The van der Waals surface area contributed by atoms with Crippen molar-refractivity contribution in [2.75, 3.05) is 11.9 Å². The van der Waals surface area contributed by atoms with E-state index in [9.17, 15) is 9.18 Å². The third-order valence-corrected chi connectivity index (χ3v) is 4.70. The molecule has 2 aromatic carbocycles. The summed E-state index contributed by atoms with van der Waals surface area (Å²) >= 11 is 0. The summed E-state index contributed by atoms with van der Waals surface area (Å²) in [5.41, 5.74) is 2.37. The highest BCUT2D eigenvalue weighted by molar-refractivity contribution is 5.89. The summed E-state index contributed by atoms with van der Waals surface area (Å²) in [7, 11) is 0. The molecule has 1 unspecified atom stereocenters. The number of aromatic nitrogens is 2. The quantitative estimate of drug-likeness (QED) is 0.738. The van der Waals surface area contributed by atoms with E-state index in [1.165, 1.54) is 12.1 Å². The number of aryl methyl sites for hydroxylation is 1. The minimum Gasteiger partial charge on any atom is -0.337 e. The number of hydrogen-bond donors (Lipinski definition) is 1. The number of nitrogens with zero attached hydrogens (tertiary/aromatic N) is 3. The summed E-state index contributed by atoms with van der Waals surface area (Å²) in [6.45, 7) is 2.56. The molecule has 1 atom stereocenters. The number of carbonyl (C=O) groups excluding carboxylic acids is 1. The lowest BCUT2D eigenvalue weighted by atomic mass is 10.1. The van der Waals surface area contributed by atoms with Crippen LogP contribution in [-0.4, -0.2) is 27.6 Å². The second-order valence-corrected chi connectivity index (χ2v) is 6.56. The zero-order valence-corrected chi connectivity index (χ0v) is 14.9. The van der Waals surface area contributed by atoms with E-state index in [4.69, 9.17) is 4.52 Å². The first-order valence-electron chi connectivity index (χ1n) is 8.84. The number of hydrogen-bond acceptors (Lipinski definition) is 4. The largest absolute Gasteiger partial charge is 0.337 e. The topological polar surface area (TPSA) is 71.3 Å². The predicted molar refractivity (Wildman–Crippen MR) is 98.6 cm³/mol. The highest BCUT2D eigenvalue weighted by atomic mass is 19.1. The number of benzene rings is 2. The van der Waals surface area contributed by atoms with Gasteiger partial charge in [-0.05, 0) is 43.5 Å². The van der Waals surface area contributed by atoms with Gasteiger partial charge in [0.25, 0.3) is 0 Å². The monoisotopic (exact) mass is 366 g/mol. The predicted octanol–water partition coefficient (Wildman–Crippen LogP) is 4.55. The van der Waals surface area contributed by atoms with E-state index in [-0.39, 0.29) is 12.1 Å². The maximum absolute atomic E-state index is 13.3. The van der Waals surface area contributed by atoms with Gasteiger partial charge in [-0.1, -0.05) is 35.5 Å². The van der Waals surface area contributed by atoms with Crippen molar-refractivity contribution in [2.24, 2.45) is 0 Å². The molecule has 0 spiro atoms. The van der Waals surface area contributed by atoms with Crippen LogP contribution in [0.25, 0.3) is 11.4 Å². The second kappa shape index (κ2) is 7.19. The fourth-order valence-corrected chi connectivity index (χ4v) is 3.33. The van der Waals surface area contributed by atoms with Gasteiger partial charge in [-0.3, -0.25) is 0 Å². The van der Waals surface area contributed by atoms with E-state index >= 15 is 0 Å². The number of nitrogens with one attached hydrogen (secondary N) is 1. The lowest BCUT2D eigenvalue weighted by Gasteiger charge is -2.22. The van der Waals surface area contributed by atoms with Crippen LogP contribution in [0.15, 0.2) is 53.1 Å². The normalized spacial score (nSPS) is 16.5. The lowest BCUT2D eigenvalue weighted by Crippen LogP contribution is -2.34. The summed E-state index contributed by atoms with van der Waals surface area (Å²) < 4.78 is 18.8. The molecule has 1 aliphatic heterocycles. The van der Waals surface area contributed by atoms with Gasteiger partial charge in [0.1, 0.15) is 11.9 Å². The molecule has 6 nitrogen and oxygen atoms in total. The molecule has 4 rings (SSSR count). The maximum Gasteiger partial charge on any atom is 0.322 e. The number of urea groups is 1. The van der Waals surface area contributed by atoms with E-state index in [1.54, 1.807) is 17.0 Å². The Morgan fingerprint density at radius 2 is 2.11 bits per heavy atom. The van der Waals surface area contributed by atoms with Gasteiger partial charge in [0, 0.05) is 17.8 Å². The van der Waals surface area contributed by atoms with Crippen molar-refractivity contribution in [2.45, 2.75) is 25.8 Å². The van der Waals surface area contributed by atoms with Crippen LogP contribution in [0.4, 0.5) is 14.9 Å². The molecule has 0 bridgehead atoms. The van der Waals surface area contributed by atoms with Crippen molar-refractivity contribution in [1.29, 1.82) is 0 Å². The molecule has 0 saturated carbocycles. The van der Waals surface area contributed by atoms with Gasteiger partial charge in [0.2, 0.25) is 11.7 Å². The smallest absolute Gasteiger partial charge is 0.322 e. The first kappa shape index (κ1) is 17.2. The molecule has 0 aliphatic carbocycles. The molecular weight excluding hydrogens is 347 g/mol. The van der Waals surface area contributed by atoms with Gasteiger partial charge in [-0.25, -0.2) is 9.18 Å². The first-order chi connectivity index (χ1) is 13.1. The summed E-state index contributed by atoms with van der Waals surface area (Å²) in [4.78, 5) is 18.8. The Kier molecular flexibility index (Phi) is 4.58. The van der Waals surface area contributed by atoms with E-state index < -0.39 is 5.82 Å². The number of halogens is 1. The average Bonchev–Trinajstić information content (AvgIpc) is 3.31. The molecule has 1 fully saturated rings. The zero-order valence-electron chi connectivity index (χ0n) is 14.9. The van der Waals surface area contributed by atoms with E-state index in [1.807, 2.05) is 31.2 Å². The number of anilines is 1. The standard InChI is InChI=1S/C20H19FN4O2/c1-13-6-2-3-9-16(13)18-23-19(27-24-18)17-10-5-11-25(17)20(26)22-15-8-4-7-14(21)12-15/h2-4,6-9,12,17H,5,10-11H2,1H3,(H,22,26). The maximum atomic E-state index is 13.3. The molecule has 2 amide bonds. The van der Waals surface area contributed by atoms with Crippen molar-refractivity contribution < 1.29 is 13.7 Å². The Hall–Kier alpha value is -3.22. The fraction of sp³-hybridized carbons (Fsp3) is 0.250. The van der Waals surface area contributed by atoms with E-state index in [2.05, 4.69) is 15.5 Å². The van der Waals surface area contributed by atoms with E-state index in [0.717, 1.165) is 24.0 Å². The third kappa shape index (κ3) is 3.53. The van der Waals surface area contributed by atoms with Gasteiger partial charge >= 0.3 is 6.03 Å². The van der Waals surface area contributed by atoms with Crippen molar-refractivity contribution >= 4 is 11.7 Å². The van der Waals surface area contributed by atoms with Gasteiger partial charge in [-0.2, -0.15) is 4.98 Å². The average molecular weight is 366 g/mol. The molecule has 1 aliphatic rings. The molecular formula is C20H19FN4O2. The summed E-state index contributed by atoms with van der Waals surface area (Å²) in [5, 5.41) is 6.82. The van der Waals surface area contributed by atoms with Gasteiger partial charge < -0.3 is 14.7 Å². The van der Waals surface area contributed by atoms with Crippen LogP contribution in [0.3, 0.4) is 0 Å². The van der Waals surface area contributed by atoms with Crippen molar-refractivity contribution in [3.05, 3.63) is 65.8 Å². The highest BCUT2D eigenvalue weighted by Crippen LogP contribution is 2.33. The van der Waals surface area contributed by atoms with Gasteiger partial charge in [-0.15, -0.1) is 0 Å². The fourth-order valence-electron chi connectivity index (χ4n) is 3.33. The molecule has 27 heavy (non-hydrogen) atoms. The Morgan fingerprint density at radius 1 is 1.26 bits per heavy atom. The second-order valence-electron chi connectivity index (χ2n) is 6.56. The van der Waals surface area contributed by atoms with Crippen molar-refractivity contribution in [3.8, 4) is 11.4 Å². The molecule has 1 N–H and O–H groups in total. The van der Waals surface area contributed by atoms with Crippen LogP contribution >= 0.6 is 0 Å². The molecule has 0 radical (unpaired) electrons. The molecule has 7 heteroatoms. The van der Waals surface area contributed by atoms with Crippen LogP contribution in [0.2, 0.25) is 0 Å². The first-order valence-corrected chi connectivity index (χ1v) is 8.84. The summed E-state index contributed by atoms with van der Waals surface area (Å²) in [6, 6.07) is 13.0. The summed E-state index contributed by atoms with van der Waals surface area (Å²) in [6.07, 6.45) is 1.58. The van der Waals surface area contributed by atoms with Crippen LogP contribution in [-0.2, 0) is 0 Å². The minimum absolute atomic E-state index is 0.288. The van der Waals surface area contributed by atoms with Gasteiger partial charge in [0.05, 0.1) is 0 Å². The van der Waals surface area contributed by atoms with Crippen LogP contribution in [0.1, 0.15) is 30.3 Å². The highest BCUT2D eigenvalue weighted by Gasteiger charge is 2.34. The molecule has 1 aromatic heterocycles. The summed E-state index contributed by atoms with van der Waals surface area (Å²) in [5.74, 6) is 0.533. The Labute approximate surface area is 156 Å². The van der Waals surface area contributed by atoms with Crippen LogP contribution in [0.5, 0.6) is 0 Å². The molecule has 2 heterocycles. The Balaban J connectivity index is 1.53. The number of likely N-dealkylation sites (tertiary alicyclic amines) is 1. The molecule has 138 valence electrons. The Bertz CT molecular complexity index is 972. The number of carbonyl (C=O) groups is 1. The SMILES string of the molecule is Cc1ccccc1-c1noc(C2CCCN2C(=O)Nc2cccc(F)c2)n1. The minimum atomic E-state index is -0.398. The van der Waals surface area contributed by atoms with Crippen molar-refractivity contribution in [1.82, 2.24) is 15.0 Å². The van der Waals surface area contributed by atoms with E-state index in [0.29, 0.717) is 23.9 Å².